The Hall–Kier alpha value is -3.50. The number of methoxy groups -OCH3 is 1. The van der Waals surface area contributed by atoms with Crippen LogP contribution in [-0.2, 0) is 33.9 Å². The van der Waals surface area contributed by atoms with Crippen molar-refractivity contribution >= 4 is 25.0 Å². The van der Waals surface area contributed by atoms with Gasteiger partial charge >= 0.3 is 0 Å². The molecule has 0 spiro atoms. The van der Waals surface area contributed by atoms with Crippen LogP contribution in [0.1, 0.15) is 22.7 Å². The van der Waals surface area contributed by atoms with E-state index >= 15 is 0 Å². The Balaban J connectivity index is 1.88. The van der Waals surface area contributed by atoms with Gasteiger partial charge in [-0.05, 0) is 28.8 Å². The molecule has 0 aliphatic carbocycles. The van der Waals surface area contributed by atoms with Crippen molar-refractivity contribution in [1.82, 2.24) is 14.9 Å². The zero-order valence-electron chi connectivity index (χ0n) is 20.7. The number of benzene rings is 2. The molecule has 190 valence electrons. The first kappa shape index (κ1) is 27.1. The molecule has 0 aliphatic rings. The second-order valence-corrected chi connectivity index (χ2v) is 14.5. The lowest BCUT2D eigenvalue weighted by molar-refractivity contribution is -0.128. The number of ether oxygens (including phenoxy) is 1. The van der Waals surface area contributed by atoms with Gasteiger partial charge in [-0.2, -0.15) is 0 Å². The zero-order valence-corrected chi connectivity index (χ0v) is 21.7. The average Bonchev–Trinajstić information content (AvgIpc) is 2.78. The largest absolute Gasteiger partial charge is 0.380 e. The van der Waals surface area contributed by atoms with E-state index in [4.69, 9.17) is 4.74 Å². The van der Waals surface area contributed by atoms with Crippen molar-refractivity contribution in [3.63, 3.8) is 0 Å². The number of carbonyl (C=O) groups excluding carboxylic acids is 2. The number of nitrogens with one attached hydrogen (secondary N) is 1. The summed E-state index contributed by atoms with van der Waals surface area (Å²) in [4.78, 5) is 41.9. The van der Waals surface area contributed by atoms with Crippen LogP contribution >= 0.6 is 0 Å². The maximum atomic E-state index is 14.8. The standard InChI is InChI=1S/C26H29F2N3O4Si/c1-35-15-17-5-7-19(8-6-17)25(30-23(33)14-31-16-29-10-9-24(31)34)22(32)13-18-11-20(27)26(21(28)12-18)36(2,3)4/h5-12,16,25H,13-15H2,1-4H3,(H,30,33)/t25-/m1/s1. The van der Waals surface area contributed by atoms with Crippen LogP contribution in [0.3, 0.4) is 0 Å². The second-order valence-electron chi connectivity index (χ2n) is 9.55. The Morgan fingerprint density at radius 1 is 1.06 bits per heavy atom. The first-order valence-electron chi connectivity index (χ1n) is 11.4. The van der Waals surface area contributed by atoms with Gasteiger partial charge in [-0.25, -0.2) is 13.8 Å². The minimum absolute atomic E-state index is 0.0826. The lowest BCUT2D eigenvalue weighted by Gasteiger charge is -2.21. The number of rotatable bonds is 10. The first-order chi connectivity index (χ1) is 17.0. The fourth-order valence-electron chi connectivity index (χ4n) is 3.93. The molecule has 7 nitrogen and oxygen atoms in total. The molecule has 1 atom stereocenters. The van der Waals surface area contributed by atoms with Crippen LogP contribution in [0.15, 0.2) is 59.8 Å². The number of amides is 1. The van der Waals surface area contributed by atoms with Gasteiger partial charge in [0.05, 0.1) is 21.0 Å². The van der Waals surface area contributed by atoms with E-state index in [2.05, 4.69) is 10.3 Å². The smallest absolute Gasteiger partial charge is 0.253 e. The molecule has 0 bridgehead atoms. The van der Waals surface area contributed by atoms with Gasteiger partial charge < -0.3 is 10.1 Å². The summed E-state index contributed by atoms with van der Waals surface area (Å²) in [7, 11) is -0.709. The Morgan fingerprint density at radius 2 is 1.69 bits per heavy atom. The Bertz CT molecular complexity index is 1280. The molecule has 1 heterocycles. The molecule has 0 saturated carbocycles. The number of ketones is 1. The van der Waals surface area contributed by atoms with Gasteiger partial charge in [0.15, 0.2) is 5.78 Å². The monoisotopic (exact) mass is 513 g/mol. The van der Waals surface area contributed by atoms with Gasteiger partial charge in [0.25, 0.3) is 5.56 Å². The van der Waals surface area contributed by atoms with E-state index in [0.29, 0.717) is 12.2 Å². The Morgan fingerprint density at radius 3 is 2.25 bits per heavy atom. The molecular formula is C26H29F2N3O4Si. The van der Waals surface area contributed by atoms with Crippen LogP contribution in [0.25, 0.3) is 0 Å². The molecular weight excluding hydrogens is 484 g/mol. The fourth-order valence-corrected chi connectivity index (χ4v) is 5.51. The topological polar surface area (TPSA) is 90.3 Å². The third-order valence-electron chi connectivity index (χ3n) is 5.59. The van der Waals surface area contributed by atoms with Crippen molar-refractivity contribution in [3.8, 4) is 0 Å². The fraction of sp³-hybridized carbons (Fsp3) is 0.308. The number of aromatic nitrogens is 2. The number of halogens is 2. The third kappa shape index (κ3) is 6.79. The van der Waals surface area contributed by atoms with E-state index in [0.717, 1.165) is 10.1 Å². The molecule has 2 aromatic carbocycles. The van der Waals surface area contributed by atoms with Crippen molar-refractivity contribution in [2.75, 3.05) is 7.11 Å². The summed E-state index contributed by atoms with van der Waals surface area (Å²) in [5, 5.41) is 2.74. The van der Waals surface area contributed by atoms with Crippen molar-refractivity contribution in [2.45, 2.75) is 45.3 Å². The normalized spacial score (nSPS) is 12.3. The minimum Gasteiger partial charge on any atom is -0.380 e. The summed E-state index contributed by atoms with van der Waals surface area (Å²) in [6, 6.07) is 9.39. The van der Waals surface area contributed by atoms with Gasteiger partial charge in [-0.15, -0.1) is 0 Å². The highest BCUT2D eigenvalue weighted by Crippen LogP contribution is 2.20. The summed E-state index contributed by atoms with van der Waals surface area (Å²) in [6.07, 6.45) is 2.25. The summed E-state index contributed by atoms with van der Waals surface area (Å²) in [5.74, 6) is -2.38. The lowest BCUT2D eigenvalue weighted by atomic mass is 9.96. The van der Waals surface area contributed by atoms with Crippen LogP contribution in [-0.4, -0.2) is 36.4 Å². The summed E-state index contributed by atoms with van der Waals surface area (Å²) >= 11 is 0. The van der Waals surface area contributed by atoms with Crippen LogP contribution in [0.2, 0.25) is 19.6 Å². The number of hydrogen-bond acceptors (Lipinski definition) is 5. The van der Waals surface area contributed by atoms with Gasteiger partial charge in [-0.1, -0.05) is 43.9 Å². The lowest BCUT2D eigenvalue weighted by Crippen LogP contribution is -2.42. The summed E-state index contributed by atoms with van der Waals surface area (Å²) in [6.45, 7) is 5.55. The third-order valence-corrected chi connectivity index (χ3v) is 7.57. The number of carbonyl (C=O) groups is 2. The van der Waals surface area contributed by atoms with E-state index in [1.807, 2.05) is 19.6 Å². The SMILES string of the molecule is COCc1ccc([C@@H](NC(=O)Cn2cnccc2=O)C(=O)Cc2cc(F)c([Si](C)(C)C)c(F)c2)cc1. The Kier molecular flexibility index (Phi) is 8.64. The molecule has 10 heteroatoms. The van der Waals surface area contributed by atoms with Crippen LogP contribution in [0.4, 0.5) is 8.78 Å². The maximum absolute atomic E-state index is 14.8. The molecule has 1 N–H and O–H groups in total. The van der Waals surface area contributed by atoms with Crippen molar-refractivity contribution in [1.29, 1.82) is 0 Å². The summed E-state index contributed by atoms with van der Waals surface area (Å²) in [5.41, 5.74) is 1.12. The molecule has 0 radical (unpaired) electrons. The highest BCUT2D eigenvalue weighted by molar-refractivity contribution is 6.88. The van der Waals surface area contributed by atoms with E-state index < -0.39 is 43.0 Å². The summed E-state index contributed by atoms with van der Waals surface area (Å²) < 4.78 is 35.7. The molecule has 1 amide bonds. The molecule has 0 unspecified atom stereocenters. The molecule has 36 heavy (non-hydrogen) atoms. The van der Waals surface area contributed by atoms with Crippen molar-refractivity contribution < 1.29 is 23.1 Å². The zero-order chi connectivity index (χ0) is 26.5. The van der Waals surface area contributed by atoms with Crippen LogP contribution in [0, 0.1) is 11.6 Å². The molecule has 3 aromatic rings. The molecule has 0 saturated heterocycles. The van der Waals surface area contributed by atoms with Gasteiger partial charge in [-0.3, -0.25) is 19.0 Å². The minimum atomic E-state index is -2.27. The first-order valence-corrected chi connectivity index (χ1v) is 14.9. The van der Waals surface area contributed by atoms with E-state index in [1.54, 1.807) is 31.4 Å². The van der Waals surface area contributed by atoms with Crippen LogP contribution < -0.4 is 16.1 Å². The van der Waals surface area contributed by atoms with E-state index in [9.17, 15) is 23.2 Å². The van der Waals surface area contributed by atoms with E-state index in [-0.39, 0.29) is 23.7 Å². The van der Waals surface area contributed by atoms with Crippen molar-refractivity contribution in [2.24, 2.45) is 0 Å². The van der Waals surface area contributed by atoms with E-state index in [1.165, 1.54) is 30.7 Å². The van der Waals surface area contributed by atoms with Gasteiger partial charge in [0.1, 0.15) is 24.2 Å². The quantitative estimate of drug-likeness (QED) is 0.421. The maximum Gasteiger partial charge on any atom is 0.253 e. The van der Waals surface area contributed by atoms with Gasteiger partial charge in [0.2, 0.25) is 5.91 Å². The number of hydrogen-bond donors (Lipinski definition) is 1. The number of Topliss-reactive ketones (excluding diaryl/α,β-unsaturated/α-hetero) is 1. The van der Waals surface area contributed by atoms with Crippen LogP contribution in [0.5, 0.6) is 0 Å². The molecule has 0 aliphatic heterocycles. The predicted octanol–water partition coefficient (Wildman–Crippen LogP) is 2.88. The molecule has 0 fully saturated rings. The molecule has 1 aromatic heterocycles. The average molecular weight is 514 g/mol. The Labute approximate surface area is 209 Å². The van der Waals surface area contributed by atoms with Gasteiger partial charge in [0, 0.05) is 31.0 Å². The predicted molar refractivity (Wildman–Crippen MR) is 135 cm³/mol. The molecule has 3 rings (SSSR count). The highest BCUT2D eigenvalue weighted by atomic mass is 28.3. The highest BCUT2D eigenvalue weighted by Gasteiger charge is 2.28. The second kappa shape index (κ2) is 11.5. The number of nitrogens with zero attached hydrogens (tertiary/aromatic N) is 2. The van der Waals surface area contributed by atoms with Crippen molar-refractivity contribution in [3.05, 3.63) is 93.7 Å².